The second-order valence-corrected chi connectivity index (χ2v) is 4.78. The molecular weight excluding hydrogens is 228 g/mol. The van der Waals surface area contributed by atoms with E-state index in [0.29, 0.717) is 5.75 Å². The third-order valence-electron chi connectivity index (χ3n) is 1.88. The zero-order valence-corrected chi connectivity index (χ0v) is 10.5. The highest BCUT2D eigenvalue weighted by Crippen LogP contribution is 2.18. The van der Waals surface area contributed by atoms with E-state index < -0.39 is 0 Å². The average Bonchev–Trinajstić information content (AvgIpc) is 2.29. The number of hydrogen-bond acceptors (Lipinski definition) is 4. The zero-order valence-electron chi connectivity index (χ0n) is 8.86. The number of thioether (sulfide) groups is 2. The standard InChI is InChI=1S/C11H14O2S2/c1-13-11(12)8-15-7-9-3-5-10(14-2)6-4-9/h3-6H,7-8H2,1-2H3. The summed E-state index contributed by atoms with van der Waals surface area (Å²) in [5.41, 5.74) is 1.24. The Labute approximate surface area is 98.8 Å². The molecule has 0 aliphatic heterocycles. The predicted molar refractivity (Wildman–Crippen MR) is 66.4 cm³/mol. The Morgan fingerprint density at radius 2 is 2.00 bits per heavy atom. The third kappa shape index (κ3) is 4.62. The molecule has 0 unspecified atom stereocenters. The lowest BCUT2D eigenvalue weighted by Gasteiger charge is -2.02. The van der Waals surface area contributed by atoms with E-state index in [2.05, 4.69) is 35.3 Å². The van der Waals surface area contributed by atoms with Crippen molar-refractivity contribution in [2.24, 2.45) is 0 Å². The van der Waals surface area contributed by atoms with Gasteiger partial charge in [-0.15, -0.1) is 23.5 Å². The van der Waals surface area contributed by atoms with Gasteiger partial charge in [0, 0.05) is 10.6 Å². The quantitative estimate of drug-likeness (QED) is 0.586. The van der Waals surface area contributed by atoms with Crippen molar-refractivity contribution in [3.8, 4) is 0 Å². The lowest BCUT2D eigenvalue weighted by Crippen LogP contribution is -2.03. The van der Waals surface area contributed by atoms with Crippen molar-refractivity contribution in [2.75, 3.05) is 19.1 Å². The Hall–Kier alpha value is -0.610. The van der Waals surface area contributed by atoms with Gasteiger partial charge < -0.3 is 4.74 Å². The van der Waals surface area contributed by atoms with E-state index in [1.807, 2.05) is 0 Å². The van der Waals surface area contributed by atoms with Crippen molar-refractivity contribution >= 4 is 29.5 Å². The highest BCUT2D eigenvalue weighted by atomic mass is 32.2. The first-order chi connectivity index (χ1) is 7.26. The van der Waals surface area contributed by atoms with Crippen LogP contribution in [0.5, 0.6) is 0 Å². The lowest BCUT2D eigenvalue weighted by molar-refractivity contribution is -0.137. The predicted octanol–water partition coefficient (Wildman–Crippen LogP) is 2.81. The fourth-order valence-corrected chi connectivity index (χ4v) is 2.26. The van der Waals surface area contributed by atoms with Crippen molar-refractivity contribution in [2.45, 2.75) is 10.6 Å². The highest BCUT2D eigenvalue weighted by Gasteiger charge is 2.00. The molecule has 82 valence electrons. The Morgan fingerprint density at radius 1 is 1.33 bits per heavy atom. The van der Waals surface area contributed by atoms with Crippen molar-refractivity contribution in [3.05, 3.63) is 29.8 Å². The first-order valence-electron chi connectivity index (χ1n) is 4.53. The number of hydrogen-bond donors (Lipinski definition) is 0. The number of methoxy groups -OCH3 is 1. The minimum atomic E-state index is -0.166. The van der Waals surface area contributed by atoms with Gasteiger partial charge in [0.15, 0.2) is 0 Å². The summed E-state index contributed by atoms with van der Waals surface area (Å²) < 4.78 is 4.56. The molecule has 4 heteroatoms. The molecule has 0 bridgehead atoms. The number of ether oxygens (including phenoxy) is 1. The van der Waals surface area contributed by atoms with E-state index in [9.17, 15) is 4.79 Å². The van der Waals surface area contributed by atoms with Crippen molar-refractivity contribution in [1.82, 2.24) is 0 Å². The van der Waals surface area contributed by atoms with Crippen LogP contribution in [-0.2, 0) is 15.3 Å². The number of carbonyl (C=O) groups excluding carboxylic acids is 1. The molecule has 2 nitrogen and oxygen atoms in total. The summed E-state index contributed by atoms with van der Waals surface area (Å²) in [6, 6.07) is 8.38. The van der Waals surface area contributed by atoms with Crippen LogP contribution in [0.25, 0.3) is 0 Å². The van der Waals surface area contributed by atoms with Crippen LogP contribution in [0.4, 0.5) is 0 Å². The largest absolute Gasteiger partial charge is 0.468 e. The molecule has 1 rings (SSSR count). The molecule has 15 heavy (non-hydrogen) atoms. The van der Waals surface area contributed by atoms with Crippen LogP contribution >= 0.6 is 23.5 Å². The fraction of sp³-hybridized carbons (Fsp3) is 0.364. The van der Waals surface area contributed by atoms with Crippen molar-refractivity contribution in [1.29, 1.82) is 0 Å². The number of rotatable bonds is 5. The third-order valence-corrected chi connectivity index (χ3v) is 3.60. The molecule has 0 radical (unpaired) electrons. The van der Waals surface area contributed by atoms with E-state index in [1.54, 1.807) is 23.5 Å². The van der Waals surface area contributed by atoms with Crippen LogP contribution in [0.15, 0.2) is 29.2 Å². The molecule has 0 aromatic heterocycles. The summed E-state index contributed by atoms with van der Waals surface area (Å²) in [7, 11) is 1.41. The topological polar surface area (TPSA) is 26.3 Å². The van der Waals surface area contributed by atoms with Crippen molar-refractivity contribution < 1.29 is 9.53 Å². The molecule has 0 saturated heterocycles. The molecule has 0 atom stereocenters. The zero-order chi connectivity index (χ0) is 11.1. The maximum atomic E-state index is 10.9. The summed E-state index contributed by atoms with van der Waals surface area (Å²) in [6.07, 6.45) is 2.06. The number of esters is 1. The van der Waals surface area contributed by atoms with Crippen LogP contribution < -0.4 is 0 Å². The summed E-state index contributed by atoms with van der Waals surface area (Å²) >= 11 is 3.30. The molecule has 1 aromatic carbocycles. The Balaban J connectivity index is 2.34. The smallest absolute Gasteiger partial charge is 0.315 e. The minimum Gasteiger partial charge on any atom is -0.468 e. The Kier molecular flexibility index (Phi) is 5.65. The Bertz CT molecular complexity index is 309. The molecule has 0 spiro atoms. The highest BCUT2D eigenvalue weighted by molar-refractivity contribution is 7.99. The molecule has 0 fully saturated rings. The van der Waals surface area contributed by atoms with E-state index >= 15 is 0 Å². The van der Waals surface area contributed by atoms with Gasteiger partial charge >= 0.3 is 5.97 Å². The molecule has 0 heterocycles. The van der Waals surface area contributed by atoms with Crippen LogP contribution in [-0.4, -0.2) is 25.1 Å². The van der Waals surface area contributed by atoms with Crippen LogP contribution in [0.1, 0.15) is 5.56 Å². The summed E-state index contributed by atoms with van der Waals surface area (Å²) in [5.74, 6) is 1.10. The maximum Gasteiger partial charge on any atom is 0.315 e. The second-order valence-electron chi connectivity index (χ2n) is 2.92. The van der Waals surface area contributed by atoms with Gasteiger partial charge in [0.25, 0.3) is 0 Å². The summed E-state index contributed by atoms with van der Waals surface area (Å²) in [4.78, 5) is 12.1. The monoisotopic (exact) mass is 242 g/mol. The van der Waals surface area contributed by atoms with Gasteiger partial charge in [-0.2, -0.15) is 0 Å². The first-order valence-corrected chi connectivity index (χ1v) is 6.91. The molecule has 1 aromatic rings. The van der Waals surface area contributed by atoms with Gasteiger partial charge in [0.2, 0.25) is 0 Å². The summed E-state index contributed by atoms with van der Waals surface area (Å²) in [5, 5.41) is 0. The maximum absolute atomic E-state index is 10.9. The number of carbonyl (C=O) groups is 1. The lowest BCUT2D eigenvalue weighted by atomic mass is 10.2. The number of benzene rings is 1. The average molecular weight is 242 g/mol. The van der Waals surface area contributed by atoms with E-state index in [1.165, 1.54) is 17.6 Å². The minimum absolute atomic E-state index is 0.166. The van der Waals surface area contributed by atoms with Crippen molar-refractivity contribution in [3.63, 3.8) is 0 Å². The van der Waals surface area contributed by atoms with Gasteiger partial charge in [-0.1, -0.05) is 12.1 Å². The van der Waals surface area contributed by atoms with E-state index in [-0.39, 0.29) is 5.97 Å². The van der Waals surface area contributed by atoms with E-state index in [4.69, 9.17) is 0 Å². The van der Waals surface area contributed by atoms with Gasteiger partial charge in [0.05, 0.1) is 12.9 Å². The van der Waals surface area contributed by atoms with Gasteiger partial charge in [0.1, 0.15) is 0 Å². The van der Waals surface area contributed by atoms with Gasteiger partial charge in [-0.3, -0.25) is 4.79 Å². The molecule has 0 saturated carbocycles. The van der Waals surface area contributed by atoms with Crippen LogP contribution in [0, 0.1) is 0 Å². The SMILES string of the molecule is COC(=O)CSCc1ccc(SC)cc1. The molecule has 0 aliphatic rings. The summed E-state index contributed by atoms with van der Waals surface area (Å²) in [6.45, 7) is 0. The molecule has 0 aliphatic carbocycles. The normalized spacial score (nSPS) is 10.0. The molecule has 0 N–H and O–H groups in total. The van der Waals surface area contributed by atoms with E-state index in [0.717, 1.165) is 5.75 Å². The van der Waals surface area contributed by atoms with Crippen LogP contribution in [0.2, 0.25) is 0 Å². The molecule has 0 amide bonds. The fourth-order valence-electron chi connectivity index (χ4n) is 1.03. The second kappa shape index (κ2) is 6.80. The van der Waals surface area contributed by atoms with Gasteiger partial charge in [-0.25, -0.2) is 0 Å². The first kappa shape index (κ1) is 12.5. The van der Waals surface area contributed by atoms with Gasteiger partial charge in [-0.05, 0) is 24.0 Å². The van der Waals surface area contributed by atoms with Crippen LogP contribution in [0.3, 0.4) is 0 Å². The Morgan fingerprint density at radius 3 is 2.53 bits per heavy atom. The molecular formula is C11H14O2S2.